The minimum absolute atomic E-state index is 0.427. The summed E-state index contributed by atoms with van der Waals surface area (Å²) in [6.45, 7) is 2.18. The van der Waals surface area contributed by atoms with Gasteiger partial charge in [0.05, 0.1) is 0 Å². The SMILES string of the molecule is CSc1ccccc1P(c1ccccc1SC)c1cc(C)cc(P(c2ccccc2SC)c2ccccc2SC)c1O. The molecule has 0 aromatic heterocycles. The van der Waals surface area contributed by atoms with Crippen molar-refractivity contribution in [2.24, 2.45) is 0 Å². The van der Waals surface area contributed by atoms with E-state index in [-0.39, 0.29) is 0 Å². The Bertz CT molecular complexity index is 1470. The first-order chi connectivity index (χ1) is 20.5. The molecule has 5 aromatic carbocycles. The molecule has 42 heavy (non-hydrogen) atoms. The average molecular weight is 661 g/mol. The summed E-state index contributed by atoms with van der Waals surface area (Å²) in [6, 6.07) is 39.3. The zero-order valence-electron chi connectivity index (χ0n) is 24.4. The first-order valence-corrected chi connectivity index (χ1v) is 21.1. The highest BCUT2D eigenvalue weighted by molar-refractivity contribution is 8.01. The largest absolute Gasteiger partial charge is 0.507 e. The highest BCUT2D eigenvalue weighted by Gasteiger charge is 2.30. The van der Waals surface area contributed by atoms with Gasteiger partial charge < -0.3 is 5.11 Å². The van der Waals surface area contributed by atoms with Crippen LogP contribution >= 0.6 is 62.9 Å². The van der Waals surface area contributed by atoms with Crippen LogP contribution in [0.2, 0.25) is 0 Å². The summed E-state index contributed by atoms with van der Waals surface area (Å²) in [5, 5.41) is 19.7. The third-order valence-corrected chi connectivity index (χ3v) is 15.9. The molecule has 0 amide bonds. The number of phenolic OH excluding ortho intramolecular Hbond substituents is 1. The average Bonchev–Trinajstić information content (AvgIpc) is 3.04. The highest BCUT2D eigenvalue weighted by Crippen LogP contribution is 2.46. The molecule has 0 saturated heterocycles. The third-order valence-electron chi connectivity index (χ3n) is 7.00. The first-order valence-electron chi connectivity index (χ1n) is 13.5. The minimum atomic E-state index is -1.03. The maximum absolute atomic E-state index is 12.6. The second kappa shape index (κ2) is 14.8. The summed E-state index contributed by atoms with van der Waals surface area (Å²) in [4.78, 5) is 5.02. The molecule has 5 aromatic rings. The first kappa shape index (κ1) is 31.6. The van der Waals surface area contributed by atoms with Crippen molar-refractivity contribution in [2.45, 2.75) is 26.5 Å². The molecule has 5 rings (SSSR count). The molecule has 0 radical (unpaired) electrons. The zero-order valence-corrected chi connectivity index (χ0v) is 29.4. The quantitative estimate of drug-likeness (QED) is 0.120. The maximum atomic E-state index is 12.6. The van der Waals surface area contributed by atoms with Gasteiger partial charge in [-0.05, 0) is 111 Å². The van der Waals surface area contributed by atoms with Crippen molar-refractivity contribution in [3.8, 4) is 5.75 Å². The molecule has 0 bridgehead atoms. The highest BCUT2D eigenvalue weighted by atomic mass is 32.2. The van der Waals surface area contributed by atoms with Crippen LogP contribution in [0.4, 0.5) is 0 Å². The van der Waals surface area contributed by atoms with Crippen LogP contribution in [0.3, 0.4) is 0 Å². The van der Waals surface area contributed by atoms with E-state index in [0.29, 0.717) is 5.75 Å². The van der Waals surface area contributed by atoms with Crippen LogP contribution in [0.5, 0.6) is 5.75 Å². The molecule has 7 heteroatoms. The third kappa shape index (κ3) is 6.48. The summed E-state index contributed by atoms with van der Waals surface area (Å²) in [7, 11) is -2.06. The number of aromatic hydroxyl groups is 1. The molecular weight excluding hydrogens is 627 g/mol. The standard InChI is InChI=1S/C35H34OP2S4/c1-24-22-29(37(25-14-6-10-18-31(25)39-2)26-15-7-11-19-32(26)40-3)35(36)30(23-24)38(27-16-8-12-20-33(27)41-4)28-17-9-13-21-34(28)42-5/h6-23,36H,1-5H3. The fraction of sp³-hybridized carbons (Fsp3) is 0.143. The normalized spacial score (nSPS) is 11.4. The van der Waals surface area contributed by atoms with Crippen molar-refractivity contribution in [3.63, 3.8) is 0 Å². The topological polar surface area (TPSA) is 20.2 Å². The van der Waals surface area contributed by atoms with Gasteiger partial charge in [0.25, 0.3) is 0 Å². The molecule has 0 aliphatic heterocycles. The molecule has 0 unspecified atom stereocenters. The van der Waals surface area contributed by atoms with Gasteiger partial charge in [0.1, 0.15) is 5.75 Å². The molecule has 0 fully saturated rings. The van der Waals surface area contributed by atoms with Gasteiger partial charge in [-0.25, -0.2) is 0 Å². The smallest absolute Gasteiger partial charge is 0.132 e. The van der Waals surface area contributed by atoms with Crippen LogP contribution in [0.25, 0.3) is 0 Å². The lowest BCUT2D eigenvalue weighted by Gasteiger charge is -2.29. The van der Waals surface area contributed by atoms with Crippen molar-refractivity contribution < 1.29 is 5.11 Å². The van der Waals surface area contributed by atoms with Crippen molar-refractivity contribution in [1.29, 1.82) is 0 Å². The number of hydrogen-bond acceptors (Lipinski definition) is 5. The van der Waals surface area contributed by atoms with Crippen LogP contribution in [-0.2, 0) is 0 Å². The number of rotatable bonds is 10. The van der Waals surface area contributed by atoms with E-state index in [1.807, 2.05) is 0 Å². The van der Waals surface area contributed by atoms with Crippen molar-refractivity contribution >= 4 is 94.7 Å². The van der Waals surface area contributed by atoms with Gasteiger partial charge in [0.15, 0.2) is 0 Å². The Balaban J connectivity index is 1.85. The minimum Gasteiger partial charge on any atom is -0.507 e. The summed E-state index contributed by atoms with van der Waals surface area (Å²) in [5.74, 6) is 0.427. The molecule has 0 heterocycles. The molecule has 0 aliphatic rings. The zero-order chi connectivity index (χ0) is 29.6. The van der Waals surface area contributed by atoms with E-state index >= 15 is 0 Å². The molecule has 0 atom stereocenters. The monoisotopic (exact) mass is 660 g/mol. The fourth-order valence-corrected chi connectivity index (χ4v) is 14.4. The molecular formula is C35H34OP2S4. The lowest BCUT2D eigenvalue weighted by molar-refractivity contribution is 0.484. The molecule has 1 N–H and O–H groups in total. The van der Waals surface area contributed by atoms with E-state index in [0.717, 1.165) is 10.6 Å². The molecule has 214 valence electrons. The van der Waals surface area contributed by atoms with Gasteiger partial charge in [0.2, 0.25) is 0 Å². The number of aryl methyl sites for hydroxylation is 1. The summed E-state index contributed by atoms with van der Waals surface area (Å²) in [6.07, 6.45) is 8.58. The fourth-order valence-electron chi connectivity index (χ4n) is 5.12. The summed E-state index contributed by atoms with van der Waals surface area (Å²) in [5.41, 5.74) is 1.17. The molecule has 0 aliphatic carbocycles. The second-order valence-corrected chi connectivity index (χ2v) is 17.1. The van der Waals surface area contributed by atoms with Crippen molar-refractivity contribution in [3.05, 3.63) is 115 Å². The van der Waals surface area contributed by atoms with Crippen LogP contribution in [0.15, 0.2) is 129 Å². The van der Waals surface area contributed by atoms with E-state index in [1.165, 1.54) is 46.4 Å². The molecule has 0 saturated carbocycles. The Labute approximate surface area is 270 Å². The van der Waals surface area contributed by atoms with Crippen molar-refractivity contribution in [1.82, 2.24) is 0 Å². The summed E-state index contributed by atoms with van der Waals surface area (Å²) < 4.78 is 0. The Morgan fingerprint density at radius 2 is 0.690 bits per heavy atom. The van der Waals surface area contributed by atoms with Crippen LogP contribution < -0.4 is 31.8 Å². The van der Waals surface area contributed by atoms with E-state index in [2.05, 4.69) is 141 Å². The van der Waals surface area contributed by atoms with Crippen LogP contribution in [0, 0.1) is 6.92 Å². The Hall–Kier alpha value is -1.84. The van der Waals surface area contributed by atoms with Gasteiger partial charge in [-0.15, -0.1) is 47.0 Å². The van der Waals surface area contributed by atoms with Crippen molar-refractivity contribution in [2.75, 3.05) is 25.0 Å². The predicted octanol–water partition coefficient (Wildman–Crippen LogP) is 8.10. The van der Waals surface area contributed by atoms with E-state index in [4.69, 9.17) is 0 Å². The van der Waals surface area contributed by atoms with Gasteiger partial charge in [-0.2, -0.15) is 0 Å². The van der Waals surface area contributed by atoms with E-state index in [9.17, 15) is 5.11 Å². The molecule has 0 spiro atoms. The lowest BCUT2D eigenvalue weighted by atomic mass is 10.2. The van der Waals surface area contributed by atoms with E-state index in [1.54, 1.807) is 47.0 Å². The Morgan fingerprint density at radius 1 is 0.429 bits per heavy atom. The van der Waals surface area contributed by atoms with Gasteiger partial charge in [-0.1, -0.05) is 72.8 Å². The predicted molar refractivity (Wildman–Crippen MR) is 197 cm³/mol. The maximum Gasteiger partial charge on any atom is 0.132 e. The van der Waals surface area contributed by atoms with Crippen LogP contribution in [-0.4, -0.2) is 30.1 Å². The number of phenols is 1. The second-order valence-electron chi connectivity index (χ2n) is 9.51. The number of benzene rings is 5. The lowest BCUT2D eigenvalue weighted by Crippen LogP contribution is -2.29. The summed E-state index contributed by atoms with van der Waals surface area (Å²) >= 11 is 7.11. The van der Waals surface area contributed by atoms with E-state index < -0.39 is 15.8 Å². The Morgan fingerprint density at radius 3 is 0.952 bits per heavy atom. The van der Waals surface area contributed by atoms with Gasteiger partial charge in [-0.3, -0.25) is 0 Å². The molecule has 1 nitrogen and oxygen atoms in total. The van der Waals surface area contributed by atoms with Gasteiger partial charge >= 0.3 is 0 Å². The van der Waals surface area contributed by atoms with Gasteiger partial charge in [0, 0.05) is 30.2 Å². The Kier molecular flexibility index (Phi) is 11.1. The number of hydrogen-bond donors (Lipinski definition) is 1. The number of thioether (sulfide) groups is 4. The van der Waals surface area contributed by atoms with Crippen LogP contribution in [0.1, 0.15) is 5.56 Å².